The van der Waals surface area contributed by atoms with Gasteiger partial charge in [0.1, 0.15) is 5.75 Å². The number of pyridine rings is 1. The molecule has 2 aromatic rings. The highest BCUT2D eigenvalue weighted by Gasteiger charge is 2.11. The molecular weight excluding hydrogens is 324 g/mol. The van der Waals surface area contributed by atoms with Crippen molar-refractivity contribution in [3.8, 4) is 5.75 Å². The summed E-state index contributed by atoms with van der Waals surface area (Å²) in [5.41, 5.74) is 9.41. The molecule has 5 nitrogen and oxygen atoms in total. The molecule has 5 heteroatoms. The Morgan fingerprint density at radius 1 is 1.23 bits per heavy atom. The quantitative estimate of drug-likeness (QED) is 0.359. The van der Waals surface area contributed by atoms with Gasteiger partial charge in [0.05, 0.1) is 12.3 Å². The van der Waals surface area contributed by atoms with Gasteiger partial charge in [0.25, 0.3) is 0 Å². The Kier molecular flexibility index (Phi) is 7.33. The van der Waals surface area contributed by atoms with Gasteiger partial charge < -0.3 is 10.5 Å². The number of aromatic nitrogens is 1. The molecule has 0 spiro atoms. The van der Waals surface area contributed by atoms with Crippen molar-refractivity contribution in [3.05, 3.63) is 47.7 Å². The van der Waals surface area contributed by atoms with Crippen molar-refractivity contribution in [3.63, 3.8) is 0 Å². The highest BCUT2D eigenvalue weighted by Crippen LogP contribution is 2.24. The van der Waals surface area contributed by atoms with Gasteiger partial charge in [-0.05, 0) is 57.0 Å². The van der Waals surface area contributed by atoms with Crippen LogP contribution in [0.25, 0.3) is 0 Å². The number of nitrogen functional groups attached to an aromatic ring is 1. The Labute approximate surface area is 157 Å². The molecule has 26 heavy (non-hydrogen) atoms. The van der Waals surface area contributed by atoms with E-state index in [-0.39, 0.29) is 1.43 Å². The molecule has 0 unspecified atom stereocenters. The molecule has 1 heterocycles. The van der Waals surface area contributed by atoms with E-state index in [2.05, 4.69) is 16.9 Å². The highest BCUT2D eigenvalue weighted by atomic mass is 16.5. The van der Waals surface area contributed by atoms with Crippen LogP contribution >= 0.6 is 0 Å². The first kappa shape index (κ1) is 19.6. The van der Waals surface area contributed by atoms with Crippen molar-refractivity contribution in [2.45, 2.75) is 46.5 Å². The van der Waals surface area contributed by atoms with E-state index in [1.165, 1.54) is 12.8 Å². The zero-order valence-electron chi connectivity index (χ0n) is 15.9. The lowest BCUT2D eigenvalue weighted by Gasteiger charge is -2.11. The maximum Gasteiger partial charge on any atom is 0.152 e. The number of hydrogen-bond acceptors (Lipinski definition) is 5. The number of unbranched alkanes of at least 4 members (excludes halogenated alkanes) is 2. The van der Waals surface area contributed by atoms with Crippen LogP contribution in [0.3, 0.4) is 0 Å². The molecule has 140 valence electrons. The van der Waals surface area contributed by atoms with E-state index in [9.17, 15) is 0 Å². The van der Waals surface area contributed by atoms with Crippen molar-refractivity contribution in [1.29, 1.82) is 5.41 Å². The maximum absolute atomic E-state index is 8.54. The Morgan fingerprint density at radius 2 is 2.04 bits per heavy atom. The molecule has 0 aliphatic heterocycles. The fourth-order valence-electron chi connectivity index (χ4n) is 2.68. The topological polar surface area (TPSA) is 84.3 Å². The summed E-state index contributed by atoms with van der Waals surface area (Å²) in [6, 6.07) is 9.03. The molecule has 3 N–H and O–H groups in total. The van der Waals surface area contributed by atoms with Crippen molar-refractivity contribution in [1.82, 2.24) is 4.98 Å². The van der Waals surface area contributed by atoms with Crippen LogP contribution in [0.5, 0.6) is 5.75 Å². The van der Waals surface area contributed by atoms with E-state index in [1.54, 1.807) is 24.4 Å². The first-order valence-corrected chi connectivity index (χ1v) is 9.17. The summed E-state index contributed by atoms with van der Waals surface area (Å²) in [7, 11) is 0. The molecule has 0 radical (unpaired) electrons. The van der Waals surface area contributed by atoms with Gasteiger partial charge in [0.2, 0.25) is 0 Å². The first-order valence-electron chi connectivity index (χ1n) is 9.17. The van der Waals surface area contributed by atoms with Gasteiger partial charge in [-0.1, -0.05) is 19.8 Å². The van der Waals surface area contributed by atoms with Crippen LogP contribution in [0.2, 0.25) is 0 Å². The SMILES string of the molecule is CCCCCC(C)=Nc1cc(C(=N)c2cc(OCC)ccc2N)ccn1.[HH]. The van der Waals surface area contributed by atoms with Crippen LogP contribution in [0, 0.1) is 5.41 Å². The molecule has 1 aromatic carbocycles. The second-order valence-corrected chi connectivity index (χ2v) is 6.26. The normalized spacial score (nSPS) is 11.4. The lowest BCUT2D eigenvalue weighted by atomic mass is 10.0. The molecule has 0 aliphatic rings. The fraction of sp³-hybridized carbons (Fsp3) is 0.381. The van der Waals surface area contributed by atoms with Crippen molar-refractivity contribution in [2.75, 3.05) is 12.3 Å². The number of nitrogens with one attached hydrogen (secondary N) is 1. The Hall–Kier alpha value is -2.69. The molecule has 1 aromatic heterocycles. The Balaban J connectivity index is 0.00000364. The van der Waals surface area contributed by atoms with Crippen LogP contribution < -0.4 is 10.5 Å². The Morgan fingerprint density at radius 3 is 2.77 bits per heavy atom. The summed E-state index contributed by atoms with van der Waals surface area (Å²) in [5, 5.41) is 8.54. The van der Waals surface area contributed by atoms with Crippen molar-refractivity contribution < 1.29 is 6.16 Å². The summed E-state index contributed by atoms with van der Waals surface area (Å²) in [4.78, 5) is 8.90. The van der Waals surface area contributed by atoms with Gasteiger partial charge in [0, 0.05) is 30.1 Å². The summed E-state index contributed by atoms with van der Waals surface area (Å²) in [5.74, 6) is 1.33. The molecule has 0 bridgehead atoms. The second-order valence-electron chi connectivity index (χ2n) is 6.26. The number of anilines is 1. The number of rotatable bonds is 9. The van der Waals surface area contributed by atoms with E-state index in [0.29, 0.717) is 35.1 Å². The predicted octanol–water partition coefficient (Wildman–Crippen LogP) is 5.40. The predicted molar refractivity (Wildman–Crippen MR) is 111 cm³/mol. The fourth-order valence-corrected chi connectivity index (χ4v) is 2.68. The average molecular weight is 354 g/mol. The van der Waals surface area contributed by atoms with E-state index in [1.807, 2.05) is 26.0 Å². The maximum atomic E-state index is 8.54. The van der Waals surface area contributed by atoms with Gasteiger partial charge in [-0.2, -0.15) is 0 Å². The van der Waals surface area contributed by atoms with Crippen molar-refractivity contribution in [2.24, 2.45) is 4.99 Å². The third kappa shape index (κ3) is 5.41. The average Bonchev–Trinajstić information content (AvgIpc) is 2.63. The van der Waals surface area contributed by atoms with Crippen LogP contribution in [-0.2, 0) is 0 Å². The number of benzene rings is 1. The summed E-state index contributed by atoms with van der Waals surface area (Å²) in [6.45, 7) is 6.72. The van der Waals surface area contributed by atoms with Gasteiger partial charge >= 0.3 is 0 Å². The number of nitrogens with zero attached hydrogens (tertiary/aromatic N) is 2. The van der Waals surface area contributed by atoms with Gasteiger partial charge in [-0.3, -0.25) is 5.41 Å². The minimum absolute atomic E-state index is 0. The van der Waals surface area contributed by atoms with Crippen LogP contribution in [0.1, 0.15) is 59.0 Å². The molecule has 0 saturated carbocycles. The number of ether oxygens (including phenoxy) is 1. The molecule has 0 saturated heterocycles. The van der Waals surface area contributed by atoms with E-state index < -0.39 is 0 Å². The van der Waals surface area contributed by atoms with Gasteiger partial charge in [-0.25, -0.2) is 9.98 Å². The zero-order valence-corrected chi connectivity index (χ0v) is 15.9. The summed E-state index contributed by atoms with van der Waals surface area (Å²) < 4.78 is 5.52. The third-order valence-corrected chi connectivity index (χ3v) is 4.09. The number of nitrogens with two attached hydrogens (primary N) is 1. The first-order chi connectivity index (χ1) is 12.5. The number of hydrogen-bond donors (Lipinski definition) is 2. The summed E-state index contributed by atoms with van der Waals surface area (Å²) in [6.07, 6.45) is 6.20. The van der Waals surface area contributed by atoms with E-state index in [0.717, 1.165) is 24.1 Å². The Bertz CT molecular complexity index is 790. The minimum atomic E-state index is 0. The van der Waals surface area contributed by atoms with Gasteiger partial charge in [-0.15, -0.1) is 0 Å². The monoisotopic (exact) mass is 354 g/mol. The standard InChI is InChI=1S/C21H28N4O.H2/c1-4-6-7-8-15(3)25-20-13-16(11-12-24-20)21(23)18-14-17(26-5-2)9-10-19(18)22;/h9-14,23H,4-8,22H2,1-3H3;1H. The lowest BCUT2D eigenvalue weighted by molar-refractivity contribution is 0.340. The molecule has 0 aliphatic carbocycles. The van der Waals surface area contributed by atoms with Gasteiger partial charge in [0.15, 0.2) is 5.82 Å². The van der Waals surface area contributed by atoms with E-state index >= 15 is 0 Å². The lowest BCUT2D eigenvalue weighted by Crippen LogP contribution is -2.06. The third-order valence-electron chi connectivity index (χ3n) is 4.09. The largest absolute Gasteiger partial charge is 0.494 e. The second kappa shape index (κ2) is 9.70. The van der Waals surface area contributed by atoms with Crippen LogP contribution in [0.15, 0.2) is 41.5 Å². The molecule has 0 fully saturated rings. The molecule has 2 rings (SSSR count). The van der Waals surface area contributed by atoms with E-state index in [4.69, 9.17) is 15.9 Å². The highest BCUT2D eigenvalue weighted by molar-refractivity contribution is 6.14. The molecular formula is C21H30N4O. The molecule has 0 amide bonds. The zero-order chi connectivity index (χ0) is 18.9. The van der Waals surface area contributed by atoms with Crippen LogP contribution in [0.4, 0.5) is 11.5 Å². The summed E-state index contributed by atoms with van der Waals surface area (Å²) >= 11 is 0. The smallest absolute Gasteiger partial charge is 0.152 e. The molecule has 0 atom stereocenters. The van der Waals surface area contributed by atoms with Crippen molar-refractivity contribution >= 4 is 22.9 Å². The minimum Gasteiger partial charge on any atom is -0.494 e. The number of aliphatic imine (C=N–C) groups is 1. The van der Waals surface area contributed by atoms with Crippen LogP contribution in [-0.4, -0.2) is 23.0 Å².